The number of amides is 1. The maximum Gasteiger partial charge on any atom is 0.418 e. The number of halogens is 3. The Morgan fingerprint density at radius 2 is 1.88 bits per heavy atom. The van der Waals surface area contributed by atoms with Gasteiger partial charge in [-0.25, -0.2) is 0 Å². The van der Waals surface area contributed by atoms with Crippen LogP contribution in [0.1, 0.15) is 18.1 Å². The third kappa shape index (κ3) is 7.85. The first kappa shape index (κ1) is 25.1. The lowest BCUT2D eigenvalue weighted by Gasteiger charge is -2.15. The van der Waals surface area contributed by atoms with Crippen LogP contribution in [0, 0.1) is 6.92 Å². The normalized spacial score (nSPS) is 13.4. The van der Waals surface area contributed by atoms with Crippen molar-refractivity contribution in [3.63, 3.8) is 0 Å². The standard InChI is InChI=1S/C13H14F3N3O2.C7H8O3S/c1-8(20)19-11-3-2-9(6-10(11)13(14,15)16)21-7-12-17-4-5-18-12;1-6-2-4-7(5-3-6)11(8,9)10/h2-3,6H,4-5,7H2,1H3,(H,17,18)(H,19,20);2-5H,1H3,(H,8,9,10). The molecule has 1 aliphatic heterocycles. The van der Waals surface area contributed by atoms with E-state index in [1.807, 2.05) is 6.92 Å². The number of amidine groups is 1. The Hall–Kier alpha value is -3.12. The van der Waals surface area contributed by atoms with Crippen molar-refractivity contribution in [2.45, 2.75) is 24.9 Å². The molecule has 8 nitrogen and oxygen atoms in total. The zero-order chi connectivity index (χ0) is 23.9. The van der Waals surface area contributed by atoms with Crippen molar-refractivity contribution >= 4 is 27.5 Å². The highest BCUT2D eigenvalue weighted by Gasteiger charge is 2.34. The van der Waals surface area contributed by atoms with Crippen molar-refractivity contribution in [1.82, 2.24) is 5.32 Å². The minimum absolute atomic E-state index is 0.0628. The van der Waals surface area contributed by atoms with Crippen LogP contribution in [-0.2, 0) is 21.1 Å². The van der Waals surface area contributed by atoms with Crippen LogP contribution in [0.15, 0.2) is 52.4 Å². The van der Waals surface area contributed by atoms with Gasteiger partial charge in [-0.05, 0) is 37.3 Å². The second-order valence-electron chi connectivity index (χ2n) is 6.72. The number of aliphatic imine (C=N–C) groups is 1. The fourth-order valence-electron chi connectivity index (χ4n) is 2.55. The molecule has 0 aromatic heterocycles. The molecule has 0 saturated carbocycles. The lowest BCUT2D eigenvalue weighted by molar-refractivity contribution is -0.137. The van der Waals surface area contributed by atoms with Crippen LogP contribution in [-0.4, -0.2) is 44.4 Å². The van der Waals surface area contributed by atoms with Gasteiger partial charge >= 0.3 is 6.18 Å². The summed E-state index contributed by atoms with van der Waals surface area (Å²) < 4.78 is 73.8. The monoisotopic (exact) mass is 473 g/mol. The zero-order valence-electron chi connectivity index (χ0n) is 17.2. The van der Waals surface area contributed by atoms with E-state index in [2.05, 4.69) is 15.6 Å². The van der Waals surface area contributed by atoms with Crippen molar-refractivity contribution in [1.29, 1.82) is 0 Å². The van der Waals surface area contributed by atoms with Gasteiger partial charge in [0.15, 0.2) is 0 Å². The van der Waals surface area contributed by atoms with Gasteiger partial charge in [0.1, 0.15) is 18.2 Å². The van der Waals surface area contributed by atoms with Crippen molar-refractivity contribution < 1.29 is 35.7 Å². The first-order chi connectivity index (χ1) is 14.9. The molecule has 0 atom stereocenters. The van der Waals surface area contributed by atoms with Gasteiger partial charge in [-0.3, -0.25) is 14.3 Å². The van der Waals surface area contributed by atoms with Gasteiger partial charge in [0.2, 0.25) is 5.91 Å². The van der Waals surface area contributed by atoms with Gasteiger partial charge in [-0.15, -0.1) is 0 Å². The SMILES string of the molecule is CC(=O)Nc1ccc(OCC2=NCCN2)cc1C(F)(F)F.Cc1ccc(S(=O)(=O)O)cc1. The summed E-state index contributed by atoms with van der Waals surface area (Å²) in [4.78, 5) is 15.0. The number of nitrogens with zero attached hydrogens (tertiary/aromatic N) is 1. The maximum atomic E-state index is 13.0. The molecule has 3 N–H and O–H groups in total. The molecular weight excluding hydrogens is 451 g/mol. The summed E-state index contributed by atoms with van der Waals surface area (Å²) in [7, 11) is -4.02. The number of rotatable bonds is 5. The van der Waals surface area contributed by atoms with E-state index in [4.69, 9.17) is 9.29 Å². The van der Waals surface area contributed by atoms with Crippen LogP contribution in [0.2, 0.25) is 0 Å². The summed E-state index contributed by atoms with van der Waals surface area (Å²) in [6.07, 6.45) is -4.58. The molecule has 12 heteroatoms. The summed E-state index contributed by atoms with van der Waals surface area (Å²) >= 11 is 0. The van der Waals surface area contributed by atoms with Crippen molar-refractivity contribution in [2.75, 3.05) is 25.0 Å². The lowest BCUT2D eigenvalue weighted by atomic mass is 10.1. The van der Waals surface area contributed by atoms with Gasteiger partial charge in [-0.2, -0.15) is 21.6 Å². The van der Waals surface area contributed by atoms with Gasteiger partial charge in [0, 0.05) is 13.5 Å². The summed E-state index contributed by atoms with van der Waals surface area (Å²) in [6, 6.07) is 9.39. The van der Waals surface area contributed by atoms with Gasteiger partial charge in [-0.1, -0.05) is 17.7 Å². The second-order valence-corrected chi connectivity index (χ2v) is 8.14. The molecule has 0 saturated heterocycles. The van der Waals surface area contributed by atoms with Crippen molar-refractivity contribution in [3.8, 4) is 5.75 Å². The first-order valence-electron chi connectivity index (χ1n) is 9.29. The van der Waals surface area contributed by atoms with E-state index in [1.165, 1.54) is 24.3 Å². The highest BCUT2D eigenvalue weighted by molar-refractivity contribution is 7.85. The Labute approximate surface area is 183 Å². The second kappa shape index (κ2) is 10.5. The van der Waals surface area contributed by atoms with Gasteiger partial charge < -0.3 is 15.4 Å². The minimum Gasteiger partial charge on any atom is -0.486 e. The summed E-state index contributed by atoms with van der Waals surface area (Å²) in [5.41, 5.74) is -0.285. The molecule has 1 aliphatic rings. The summed E-state index contributed by atoms with van der Waals surface area (Å²) in [6.45, 7) is 4.40. The molecule has 3 rings (SSSR count). The average molecular weight is 473 g/mol. The predicted molar refractivity (Wildman–Crippen MR) is 113 cm³/mol. The van der Waals surface area contributed by atoms with E-state index >= 15 is 0 Å². The topological polar surface area (TPSA) is 117 Å². The highest BCUT2D eigenvalue weighted by atomic mass is 32.2. The zero-order valence-corrected chi connectivity index (χ0v) is 18.0. The minimum atomic E-state index is -4.58. The summed E-state index contributed by atoms with van der Waals surface area (Å²) in [5, 5.41) is 5.11. The molecule has 0 radical (unpaired) electrons. The summed E-state index contributed by atoms with van der Waals surface area (Å²) in [5.74, 6) is 0.0982. The van der Waals surface area contributed by atoms with E-state index in [0.717, 1.165) is 18.6 Å². The Balaban J connectivity index is 0.000000278. The van der Waals surface area contributed by atoms with E-state index in [-0.39, 0.29) is 22.9 Å². The molecule has 0 bridgehead atoms. The molecule has 0 aliphatic carbocycles. The van der Waals surface area contributed by atoms with E-state index in [9.17, 15) is 26.4 Å². The number of carbonyl (C=O) groups is 1. The number of benzene rings is 2. The van der Waals surface area contributed by atoms with Crippen LogP contribution in [0.5, 0.6) is 5.75 Å². The largest absolute Gasteiger partial charge is 0.486 e. The van der Waals surface area contributed by atoms with Crippen LogP contribution < -0.4 is 15.4 Å². The lowest BCUT2D eigenvalue weighted by Crippen LogP contribution is -2.25. The molecule has 2 aromatic rings. The molecular formula is C20H22F3N3O5S. The van der Waals surface area contributed by atoms with E-state index in [1.54, 1.807) is 12.1 Å². The molecule has 0 unspecified atom stereocenters. The molecule has 1 heterocycles. The van der Waals surface area contributed by atoms with Crippen LogP contribution in [0.25, 0.3) is 0 Å². The number of nitrogens with one attached hydrogen (secondary N) is 2. The molecule has 0 fully saturated rings. The smallest absolute Gasteiger partial charge is 0.418 e. The maximum absolute atomic E-state index is 13.0. The Morgan fingerprint density at radius 3 is 2.38 bits per heavy atom. The highest BCUT2D eigenvalue weighted by Crippen LogP contribution is 2.37. The van der Waals surface area contributed by atoms with Crippen LogP contribution >= 0.6 is 0 Å². The van der Waals surface area contributed by atoms with Crippen molar-refractivity contribution in [2.24, 2.45) is 4.99 Å². The predicted octanol–water partition coefficient (Wildman–Crippen LogP) is 3.29. The number of alkyl halides is 3. The number of hydrogen-bond donors (Lipinski definition) is 3. The van der Waals surface area contributed by atoms with Gasteiger partial charge in [0.25, 0.3) is 10.1 Å². The molecule has 32 heavy (non-hydrogen) atoms. The Kier molecular flexibility index (Phi) is 8.22. The van der Waals surface area contributed by atoms with Gasteiger partial charge in [0.05, 0.1) is 22.7 Å². The van der Waals surface area contributed by atoms with E-state index < -0.39 is 27.8 Å². The Bertz CT molecular complexity index is 1080. The Morgan fingerprint density at radius 1 is 1.22 bits per heavy atom. The van der Waals surface area contributed by atoms with Crippen LogP contribution in [0.3, 0.4) is 0 Å². The first-order valence-corrected chi connectivity index (χ1v) is 10.7. The number of carbonyl (C=O) groups excluding carboxylic acids is 1. The fourth-order valence-corrected chi connectivity index (χ4v) is 3.03. The fraction of sp³-hybridized carbons (Fsp3) is 0.300. The molecule has 2 aromatic carbocycles. The average Bonchev–Trinajstić information content (AvgIpc) is 3.20. The van der Waals surface area contributed by atoms with Crippen molar-refractivity contribution in [3.05, 3.63) is 53.6 Å². The quantitative estimate of drug-likeness (QED) is 0.574. The number of ether oxygens (including phenoxy) is 1. The number of hydrogen-bond acceptors (Lipinski definition) is 6. The van der Waals surface area contributed by atoms with E-state index in [0.29, 0.717) is 18.9 Å². The number of anilines is 1. The number of aryl methyl sites for hydroxylation is 1. The molecule has 1 amide bonds. The van der Waals surface area contributed by atoms with Crippen LogP contribution in [0.4, 0.5) is 18.9 Å². The third-order valence-corrected chi connectivity index (χ3v) is 4.91. The molecule has 174 valence electrons. The molecule has 0 spiro atoms. The third-order valence-electron chi connectivity index (χ3n) is 4.05.